The van der Waals surface area contributed by atoms with Crippen LogP contribution in [0.3, 0.4) is 0 Å². The minimum absolute atomic E-state index is 0.561. The molecule has 1 N–H and O–H groups in total. The molecule has 3 rings (SSSR count). The highest BCUT2D eigenvalue weighted by atomic mass is 14.9. The SMILES string of the molecule is CNC(c1ccc(C2CCCCC2)cc1)C1CCCCC1. The van der Waals surface area contributed by atoms with Gasteiger partial charge < -0.3 is 5.32 Å². The molecule has 1 aromatic rings. The third-order valence-electron chi connectivity index (χ3n) is 5.80. The van der Waals surface area contributed by atoms with Crippen molar-refractivity contribution >= 4 is 0 Å². The number of rotatable bonds is 4. The summed E-state index contributed by atoms with van der Waals surface area (Å²) in [5.41, 5.74) is 3.08. The zero-order valence-electron chi connectivity index (χ0n) is 13.6. The number of benzene rings is 1. The smallest absolute Gasteiger partial charge is 0.0346 e. The van der Waals surface area contributed by atoms with Crippen molar-refractivity contribution < 1.29 is 0 Å². The number of hydrogen-bond donors (Lipinski definition) is 1. The van der Waals surface area contributed by atoms with E-state index in [1.54, 1.807) is 5.56 Å². The van der Waals surface area contributed by atoms with Gasteiger partial charge in [0.2, 0.25) is 0 Å². The van der Waals surface area contributed by atoms with Gasteiger partial charge in [0.15, 0.2) is 0 Å². The Hall–Kier alpha value is -0.820. The average molecular weight is 285 g/mol. The molecule has 0 aromatic heterocycles. The van der Waals surface area contributed by atoms with Gasteiger partial charge in [0.25, 0.3) is 0 Å². The zero-order valence-corrected chi connectivity index (χ0v) is 13.6. The van der Waals surface area contributed by atoms with Gasteiger partial charge >= 0.3 is 0 Å². The highest BCUT2D eigenvalue weighted by molar-refractivity contribution is 5.28. The first kappa shape index (κ1) is 15.1. The second-order valence-corrected chi connectivity index (χ2v) is 7.17. The molecule has 116 valence electrons. The Morgan fingerprint density at radius 3 is 1.95 bits per heavy atom. The zero-order chi connectivity index (χ0) is 14.5. The third kappa shape index (κ3) is 3.69. The van der Waals surface area contributed by atoms with Gasteiger partial charge in [-0.1, -0.05) is 62.8 Å². The van der Waals surface area contributed by atoms with Crippen LogP contribution in [0.4, 0.5) is 0 Å². The molecule has 2 saturated carbocycles. The van der Waals surface area contributed by atoms with E-state index in [4.69, 9.17) is 0 Å². The van der Waals surface area contributed by atoms with Crippen LogP contribution in [0.2, 0.25) is 0 Å². The Morgan fingerprint density at radius 1 is 0.810 bits per heavy atom. The van der Waals surface area contributed by atoms with Gasteiger partial charge in [0.05, 0.1) is 0 Å². The maximum atomic E-state index is 3.59. The lowest BCUT2D eigenvalue weighted by atomic mass is 9.80. The summed E-state index contributed by atoms with van der Waals surface area (Å²) in [4.78, 5) is 0. The lowest BCUT2D eigenvalue weighted by Gasteiger charge is -2.31. The van der Waals surface area contributed by atoms with Gasteiger partial charge in [-0.2, -0.15) is 0 Å². The van der Waals surface area contributed by atoms with Crippen LogP contribution in [-0.4, -0.2) is 7.05 Å². The van der Waals surface area contributed by atoms with Crippen LogP contribution in [0.15, 0.2) is 24.3 Å². The second-order valence-electron chi connectivity index (χ2n) is 7.17. The predicted molar refractivity (Wildman–Crippen MR) is 90.6 cm³/mol. The van der Waals surface area contributed by atoms with E-state index >= 15 is 0 Å². The molecule has 0 aliphatic heterocycles. The number of hydrogen-bond acceptors (Lipinski definition) is 1. The van der Waals surface area contributed by atoms with Crippen LogP contribution < -0.4 is 5.32 Å². The molecule has 1 heteroatoms. The molecular weight excluding hydrogens is 254 g/mol. The Bertz CT molecular complexity index is 410. The summed E-state index contributed by atoms with van der Waals surface area (Å²) in [6.45, 7) is 0. The minimum atomic E-state index is 0.561. The first-order valence-electron chi connectivity index (χ1n) is 9.15. The van der Waals surface area contributed by atoms with E-state index in [-0.39, 0.29) is 0 Å². The summed E-state index contributed by atoms with van der Waals surface area (Å²) < 4.78 is 0. The van der Waals surface area contributed by atoms with Gasteiger partial charge in [-0.15, -0.1) is 0 Å². The van der Waals surface area contributed by atoms with E-state index in [0.717, 1.165) is 11.8 Å². The predicted octanol–water partition coefficient (Wildman–Crippen LogP) is 5.58. The van der Waals surface area contributed by atoms with Crippen molar-refractivity contribution in [3.63, 3.8) is 0 Å². The van der Waals surface area contributed by atoms with Crippen LogP contribution in [0.5, 0.6) is 0 Å². The molecular formula is C20H31N. The molecule has 0 amide bonds. The minimum Gasteiger partial charge on any atom is -0.313 e. The molecule has 0 heterocycles. The summed E-state index contributed by atoms with van der Waals surface area (Å²) >= 11 is 0. The standard InChI is InChI=1S/C20H31N/c1-21-20(18-10-6-3-7-11-18)19-14-12-17(13-15-19)16-8-4-2-5-9-16/h12-16,18,20-21H,2-11H2,1H3. The fourth-order valence-corrected chi connectivity index (χ4v) is 4.55. The fourth-order valence-electron chi connectivity index (χ4n) is 4.55. The average Bonchev–Trinajstić information content (AvgIpc) is 2.58. The Labute approximate surface area is 130 Å². The molecule has 2 fully saturated rings. The maximum Gasteiger partial charge on any atom is 0.0346 e. The summed E-state index contributed by atoms with van der Waals surface area (Å²) in [5.74, 6) is 1.67. The van der Waals surface area contributed by atoms with Crippen LogP contribution in [0, 0.1) is 5.92 Å². The van der Waals surface area contributed by atoms with E-state index in [9.17, 15) is 0 Å². The number of nitrogens with one attached hydrogen (secondary N) is 1. The van der Waals surface area contributed by atoms with Crippen molar-refractivity contribution in [1.82, 2.24) is 5.32 Å². The van der Waals surface area contributed by atoms with Crippen LogP contribution in [0.25, 0.3) is 0 Å². The molecule has 2 aliphatic rings. The van der Waals surface area contributed by atoms with E-state index in [0.29, 0.717) is 6.04 Å². The Morgan fingerprint density at radius 2 is 1.38 bits per heavy atom. The van der Waals surface area contributed by atoms with E-state index < -0.39 is 0 Å². The maximum absolute atomic E-state index is 3.59. The molecule has 21 heavy (non-hydrogen) atoms. The summed E-state index contributed by atoms with van der Waals surface area (Å²) in [6, 6.07) is 10.2. The molecule has 1 unspecified atom stereocenters. The summed E-state index contributed by atoms with van der Waals surface area (Å²) in [7, 11) is 2.13. The topological polar surface area (TPSA) is 12.0 Å². The second kappa shape index (κ2) is 7.45. The molecule has 1 aromatic carbocycles. The van der Waals surface area contributed by atoms with Crippen molar-refractivity contribution in [2.45, 2.75) is 76.2 Å². The van der Waals surface area contributed by atoms with Crippen molar-refractivity contribution in [3.8, 4) is 0 Å². The molecule has 2 aliphatic carbocycles. The van der Waals surface area contributed by atoms with Crippen molar-refractivity contribution in [3.05, 3.63) is 35.4 Å². The highest BCUT2D eigenvalue weighted by Gasteiger charge is 2.24. The fraction of sp³-hybridized carbons (Fsp3) is 0.700. The molecule has 1 atom stereocenters. The lowest BCUT2D eigenvalue weighted by molar-refractivity contribution is 0.281. The van der Waals surface area contributed by atoms with Crippen LogP contribution >= 0.6 is 0 Å². The van der Waals surface area contributed by atoms with Crippen molar-refractivity contribution in [2.75, 3.05) is 7.05 Å². The third-order valence-corrected chi connectivity index (χ3v) is 5.80. The van der Waals surface area contributed by atoms with Gasteiger partial charge in [0, 0.05) is 6.04 Å². The van der Waals surface area contributed by atoms with Gasteiger partial charge in [0.1, 0.15) is 0 Å². The van der Waals surface area contributed by atoms with E-state index in [1.807, 2.05) is 0 Å². The highest BCUT2D eigenvalue weighted by Crippen LogP contribution is 2.36. The Balaban J connectivity index is 1.69. The summed E-state index contributed by atoms with van der Waals surface area (Å²) in [5, 5.41) is 3.59. The largest absolute Gasteiger partial charge is 0.313 e. The quantitative estimate of drug-likeness (QED) is 0.762. The molecule has 1 nitrogen and oxygen atoms in total. The molecule has 0 saturated heterocycles. The molecule has 0 bridgehead atoms. The van der Waals surface area contributed by atoms with Gasteiger partial charge in [-0.3, -0.25) is 0 Å². The lowest BCUT2D eigenvalue weighted by Crippen LogP contribution is -2.26. The van der Waals surface area contributed by atoms with E-state index in [2.05, 4.69) is 36.6 Å². The van der Waals surface area contributed by atoms with Crippen LogP contribution in [-0.2, 0) is 0 Å². The van der Waals surface area contributed by atoms with E-state index in [1.165, 1.54) is 69.8 Å². The monoisotopic (exact) mass is 285 g/mol. The van der Waals surface area contributed by atoms with Gasteiger partial charge in [-0.25, -0.2) is 0 Å². The first-order chi connectivity index (χ1) is 10.4. The molecule has 0 radical (unpaired) electrons. The molecule has 0 spiro atoms. The Kier molecular flexibility index (Phi) is 5.35. The summed E-state index contributed by atoms with van der Waals surface area (Å²) in [6.07, 6.45) is 14.2. The first-order valence-corrected chi connectivity index (χ1v) is 9.15. The normalized spacial score (nSPS) is 23.1. The van der Waals surface area contributed by atoms with Gasteiger partial charge in [-0.05, 0) is 55.7 Å². The van der Waals surface area contributed by atoms with Crippen LogP contribution in [0.1, 0.15) is 87.3 Å². The van der Waals surface area contributed by atoms with Crippen molar-refractivity contribution in [1.29, 1.82) is 0 Å². The van der Waals surface area contributed by atoms with Crippen molar-refractivity contribution in [2.24, 2.45) is 5.92 Å².